The Hall–Kier alpha value is -1.92. The van der Waals surface area contributed by atoms with Crippen molar-refractivity contribution in [1.82, 2.24) is 9.80 Å². The summed E-state index contributed by atoms with van der Waals surface area (Å²) in [7, 11) is 1.99. The third-order valence-corrected chi connectivity index (χ3v) is 4.92. The monoisotopic (exact) mass is 406 g/mol. The maximum Gasteiger partial charge on any atom is 0.307 e. The van der Waals surface area contributed by atoms with Crippen molar-refractivity contribution >= 4 is 11.9 Å². The topological polar surface area (TPSA) is 59.1 Å². The zero-order valence-electron chi connectivity index (χ0n) is 18.7. The SMILES string of the molecule is CC.CCCOC(=O)CC1CN(Cc2ccccc2)CC(CC(=O)OCC)N1C. The van der Waals surface area contributed by atoms with Crippen LogP contribution < -0.4 is 0 Å². The van der Waals surface area contributed by atoms with E-state index in [1.807, 2.05) is 52.9 Å². The Morgan fingerprint density at radius 1 is 0.966 bits per heavy atom. The van der Waals surface area contributed by atoms with Gasteiger partial charge in [0.2, 0.25) is 0 Å². The molecule has 1 aliphatic heterocycles. The number of hydrogen-bond donors (Lipinski definition) is 0. The molecule has 0 N–H and O–H groups in total. The molecule has 0 bridgehead atoms. The summed E-state index contributed by atoms with van der Waals surface area (Å²) in [5.74, 6) is -0.367. The van der Waals surface area contributed by atoms with E-state index < -0.39 is 0 Å². The molecule has 2 atom stereocenters. The molecule has 1 saturated heterocycles. The van der Waals surface area contributed by atoms with Crippen LogP contribution in [0.1, 0.15) is 52.5 Å². The average molecular weight is 407 g/mol. The molecular weight excluding hydrogens is 368 g/mol. The number of carbonyl (C=O) groups excluding carboxylic acids is 2. The van der Waals surface area contributed by atoms with Gasteiger partial charge in [0, 0.05) is 31.7 Å². The highest BCUT2D eigenvalue weighted by atomic mass is 16.5. The lowest BCUT2D eigenvalue weighted by Gasteiger charge is -2.44. The summed E-state index contributed by atoms with van der Waals surface area (Å²) in [6, 6.07) is 10.3. The highest BCUT2D eigenvalue weighted by Gasteiger charge is 2.34. The van der Waals surface area contributed by atoms with E-state index in [1.54, 1.807) is 0 Å². The molecule has 2 unspecified atom stereocenters. The normalized spacial score (nSPS) is 19.8. The summed E-state index contributed by atoms with van der Waals surface area (Å²) < 4.78 is 10.4. The van der Waals surface area contributed by atoms with Gasteiger partial charge in [-0.05, 0) is 26.0 Å². The van der Waals surface area contributed by atoms with Gasteiger partial charge in [-0.2, -0.15) is 0 Å². The second-order valence-corrected chi connectivity index (χ2v) is 7.09. The molecule has 29 heavy (non-hydrogen) atoms. The van der Waals surface area contributed by atoms with E-state index in [4.69, 9.17) is 9.47 Å². The molecule has 0 aromatic heterocycles. The van der Waals surface area contributed by atoms with E-state index in [1.165, 1.54) is 5.56 Å². The summed E-state index contributed by atoms with van der Waals surface area (Å²) >= 11 is 0. The molecule has 0 radical (unpaired) electrons. The van der Waals surface area contributed by atoms with Crippen molar-refractivity contribution in [2.75, 3.05) is 33.4 Å². The minimum Gasteiger partial charge on any atom is -0.466 e. The smallest absolute Gasteiger partial charge is 0.307 e. The van der Waals surface area contributed by atoms with Gasteiger partial charge in [-0.3, -0.25) is 19.4 Å². The van der Waals surface area contributed by atoms with Crippen LogP contribution in [-0.4, -0.2) is 67.2 Å². The lowest BCUT2D eigenvalue weighted by atomic mass is 10.0. The fourth-order valence-electron chi connectivity index (χ4n) is 3.49. The van der Waals surface area contributed by atoms with Crippen molar-refractivity contribution in [3.8, 4) is 0 Å². The van der Waals surface area contributed by atoms with Crippen LogP contribution >= 0.6 is 0 Å². The zero-order chi connectivity index (χ0) is 21.6. The van der Waals surface area contributed by atoms with Crippen LogP contribution in [0.25, 0.3) is 0 Å². The lowest BCUT2D eigenvalue weighted by Crippen LogP contribution is -2.57. The fraction of sp³-hybridized carbons (Fsp3) is 0.652. The molecular formula is C23H38N2O4. The van der Waals surface area contributed by atoms with Gasteiger partial charge in [0.15, 0.2) is 0 Å². The first kappa shape index (κ1) is 25.1. The van der Waals surface area contributed by atoms with E-state index in [0.29, 0.717) is 26.1 Å². The third-order valence-electron chi connectivity index (χ3n) is 4.92. The van der Waals surface area contributed by atoms with Crippen molar-refractivity contribution in [3.05, 3.63) is 35.9 Å². The maximum atomic E-state index is 12.2. The second kappa shape index (κ2) is 14.1. The number of nitrogens with zero attached hydrogens (tertiary/aromatic N) is 2. The molecule has 1 aromatic rings. The highest BCUT2D eigenvalue weighted by Crippen LogP contribution is 2.21. The van der Waals surface area contributed by atoms with Gasteiger partial charge in [0.1, 0.15) is 0 Å². The van der Waals surface area contributed by atoms with Gasteiger partial charge >= 0.3 is 11.9 Å². The highest BCUT2D eigenvalue weighted by molar-refractivity contribution is 5.71. The average Bonchev–Trinajstić information content (AvgIpc) is 2.72. The van der Waals surface area contributed by atoms with Crippen LogP contribution in [0.4, 0.5) is 0 Å². The number of likely N-dealkylation sites (N-methyl/N-ethyl adjacent to an activating group) is 1. The van der Waals surface area contributed by atoms with Gasteiger partial charge in [0.05, 0.1) is 26.1 Å². The molecule has 6 heteroatoms. The van der Waals surface area contributed by atoms with Crippen molar-refractivity contribution in [1.29, 1.82) is 0 Å². The molecule has 0 spiro atoms. The number of hydrogen-bond acceptors (Lipinski definition) is 6. The van der Waals surface area contributed by atoms with Crippen LogP contribution in [0.3, 0.4) is 0 Å². The number of carbonyl (C=O) groups is 2. The summed E-state index contributed by atoms with van der Waals surface area (Å²) in [6.45, 7) is 11.0. The number of rotatable bonds is 9. The van der Waals surface area contributed by atoms with Gasteiger partial charge in [-0.25, -0.2) is 0 Å². The van der Waals surface area contributed by atoms with Crippen LogP contribution in [0.2, 0.25) is 0 Å². The predicted molar refractivity (Wildman–Crippen MR) is 116 cm³/mol. The van der Waals surface area contributed by atoms with Crippen LogP contribution in [0, 0.1) is 0 Å². The number of ether oxygens (including phenoxy) is 2. The van der Waals surface area contributed by atoms with Crippen LogP contribution in [-0.2, 0) is 25.6 Å². The number of piperazine rings is 1. The molecule has 1 fully saturated rings. The molecule has 1 heterocycles. The summed E-state index contributed by atoms with van der Waals surface area (Å²) in [5.41, 5.74) is 1.23. The largest absolute Gasteiger partial charge is 0.466 e. The van der Waals surface area contributed by atoms with Crippen molar-refractivity contribution < 1.29 is 19.1 Å². The second-order valence-electron chi connectivity index (χ2n) is 7.09. The van der Waals surface area contributed by atoms with E-state index in [9.17, 15) is 9.59 Å². The molecule has 2 rings (SSSR count). The number of benzene rings is 1. The van der Waals surface area contributed by atoms with Gasteiger partial charge in [-0.15, -0.1) is 0 Å². The molecule has 1 aliphatic rings. The predicted octanol–water partition coefficient (Wildman–Crippen LogP) is 3.49. The Kier molecular flexibility index (Phi) is 12.2. The van der Waals surface area contributed by atoms with Crippen molar-refractivity contribution in [3.63, 3.8) is 0 Å². The van der Waals surface area contributed by atoms with E-state index >= 15 is 0 Å². The Bertz CT molecular complexity index is 594. The molecule has 0 amide bonds. The first-order chi connectivity index (χ1) is 14.0. The standard InChI is InChI=1S/C21H32N2O4.C2H6/c1-4-11-27-21(25)13-19-16-23(14-17-9-7-6-8-10-17)15-18(22(19)3)12-20(24)26-5-2;1-2/h6-10,18-19H,4-5,11-16H2,1-3H3;1-2H3. The lowest BCUT2D eigenvalue weighted by molar-refractivity contribution is -0.147. The molecule has 164 valence electrons. The Morgan fingerprint density at radius 2 is 1.52 bits per heavy atom. The Morgan fingerprint density at radius 3 is 2.03 bits per heavy atom. The molecule has 0 saturated carbocycles. The fourth-order valence-corrected chi connectivity index (χ4v) is 3.49. The Labute approximate surface area is 176 Å². The minimum absolute atomic E-state index is 0.0190. The van der Waals surface area contributed by atoms with Crippen LogP contribution in [0.5, 0.6) is 0 Å². The van der Waals surface area contributed by atoms with E-state index in [0.717, 1.165) is 26.1 Å². The maximum absolute atomic E-state index is 12.2. The zero-order valence-corrected chi connectivity index (χ0v) is 18.7. The minimum atomic E-state index is -0.191. The number of esters is 2. The summed E-state index contributed by atoms with van der Waals surface area (Å²) in [6.07, 6.45) is 1.48. The molecule has 6 nitrogen and oxygen atoms in total. The van der Waals surface area contributed by atoms with Crippen LogP contribution in [0.15, 0.2) is 30.3 Å². The Balaban J connectivity index is 0.00000204. The van der Waals surface area contributed by atoms with Gasteiger partial charge < -0.3 is 9.47 Å². The van der Waals surface area contributed by atoms with E-state index in [-0.39, 0.29) is 24.0 Å². The molecule has 0 aliphatic carbocycles. The summed E-state index contributed by atoms with van der Waals surface area (Å²) in [4.78, 5) is 28.6. The van der Waals surface area contributed by atoms with Crippen molar-refractivity contribution in [2.45, 2.75) is 65.6 Å². The quantitative estimate of drug-likeness (QED) is 0.585. The van der Waals surface area contributed by atoms with Crippen molar-refractivity contribution in [2.24, 2.45) is 0 Å². The van der Waals surface area contributed by atoms with E-state index in [2.05, 4.69) is 21.9 Å². The first-order valence-electron chi connectivity index (χ1n) is 10.8. The van der Waals surface area contributed by atoms with Gasteiger partial charge in [0.25, 0.3) is 0 Å². The molecule has 1 aromatic carbocycles. The first-order valence-corrected chi connectivity index (χ1v) is 10.8. The van der Waals surface area contributed by atoms with Gasteiger partial charge in [-0.1, -0.05) is 51.1 Å². The summed E-state index contributed by atoms with van der Waals surface area (Å²) in [5, 5.41) is 0. The third kappa shape index (κ3) is 8.96.